The van der Waals surface area contributed by atoms with Crippen molar-refractivity contribution in [1.29, 1.82) is 0 Å². The van der Waals surface area contributed by atoms with Gasteiger partial charge in [-0.25, -0.2) is 0 Å². The van der Waals surface area contributed by atoms with Crippen LogP contribution in [0.2, 0.25) is 0 Å². The number of nitrogens with zero attached hydrogens (tertiary/aromatic N) is 2. The zero-order valence-corrected chi connectivity index (χ0v) is 22.4. The van der Waals surface area contributed by atoms with E-state index in [0.29, 0.717) is 0 Å². The van der Waals surface area contributed by atoms with Crippen LogP contribution in [0.25, 0.3) is 11.3 Å². The van der Waals surface area contributed by atoms with Gasteiger partial charge in [-0.05, 0) is 0 Å². The molecule has 0 bridgehead atoms. The molecule has 0 saturated carbocycles. The number of hydrogen-bond acceptors (Lipinski definition) is 3. The number of rotatable bonds is 1. The second-order valence-corrected chi connectivity index (χ2v) is 15.3. The topological polar surface area (TPSA) is 25.8 Å². The molecule has 29 heavy (non-hydrogen) atoms. The van der Waals surface area contributed by atoms with Gasteiger partial charge in [0.25, 0.3) is 0 Å². The SMILES string of the molecule is S=P12c3ccccc3[Se]c3[c-]c(-c4cnccn4)cc(c31)[Se]c1ccccc12.[Ir]. The Labute approximate surface area is 200 Å². The minimum absolute atomic E-state index is 0. The van der Waals surface area contributed by atoms with Crippen molar-refractivity contribution in [3.05, 3.63) is 79.3 Å². The van der Waals surface area contributed by atoms with E-state index in [-0.39, 0.29) is 50.0 Å². The van der Waals surface area contributed by atoms with Gasteiger partial charge in [0.05, 0.1) is 0 Å². The molecule has 2 nitrogen and oxygen atoms in total. The fourth-order valence-corrected chi connectivity index (χ4v) is 18.3. The Kier molecular flexibility index (Phi) is 5.27. The number of benzene rings is 3. The Morgan fingerprint density at radius 2 is 1.55 bits per heavy atom. The summed E-state index contributed by atoms with van der Waals surface area (Å²) in [6, 6.07) is 21.6. The van der Waals surface area contributed by atoms with Gasteiger partial charge in [-0.2, -0.15) is 0 Å². The maximum atomic E-state index is 6.60. The van der Waals surface area contributed by atoms with Gasteiger partial charge in [0.1, 0.15) is 0 Å². The van der Waals surface area contributed by atoms with Gasteiger partial charge in [-0.1, -0.05) is 0 Å². The summed E-state index contributed by atoms with van der Waals surface area (Å²) < 4.78 is 5.58. The molecule has 2 aliphatic rings. The molecule has 143 valence electrons. The molecule has 1 unspecified atom stereocenters. The summed E-state index contributed by atoms with van der Waals surface area (Å²) >= 11 is 7.06. The largest absolute Gasteiger partial charge is 0 e. The van der Waals surface area contributed by atoms with Crippen LogP contribution in [-0.4, -0.2) is 39.9 Å². The monoisotopic (exact) mass is 720 g/mol. The molecule has 1 aromatic heterocycles. The molecule has 7 heteroatoms. The van der Waals surface area contributed by atoms with Crippen molar-refractivity contribution < 1.29 is 20.1 Å². The van der Waals surface area contributed by atoms with Crippen LogP contribution in [-0.2, 0) is 31.9 Å². The Morgan fingerprint density at radius 3 is 2.24 bits per heavy atom. The molecular weight excluding hydrogens is 705 g/mol. The summed E-state index contributed by atoms with van der Waals surface area (Å²) in [4.78, 5) is 8.78. The molecule has 0 aliphatic carbocycles. The average Bonchev–Trinajstić information content (AvgIpc) is 2.74. The Bertz CT molecular complexity index is 1240. The van der Waals surface area contributed by atoms with E-state index in [4.69, 9.17) is 11.8 Å². The maximum Gasteiger partial charge on any atom is 0 e. The van der Waals surface area contributed by atoms with Gasteiger partial charge in [-0.15, -0.1) is 0 Å². The first-order valence-corrected chi connectivity index (χ1v) is 15.0. The third kappa shape index (κ3) is 3.02. The molecule has 1 radical (unpaired) electrons. The Balaban J connectivity index is 0.00000181. The molecule has 0 spiro atoms. The summed E-state index contributed by atoms with van der Waals surface area (Å²) in [7, 11) is 0. The molecule has 3 heterocycles. The molecule has 6 rings (SSSR count). The standard InChI is InChI=1S/C22H12N2PSSe2.Ir/c26-25-16-5-1-3-7-18(16)27-20-11-14(15-13-23-9-10-24-15)12-21(22(20)25)28-19-8-4-2-6-17(19)25;/h1-11,13H;/q-1;. The van der Waals surface area contributed by atoms with Crippen molar-refractivity contribution in [3.8, 4) is 11.3 Å². The zero-order valence-electron chi connectivity index (χ0n) is 14.8. The van der Waals surface area contributed by atoms with E-state index in [1.807, 2.05) is 6.20 Å². The van der Waals surface area contributed by atoms with E-state index in [2.05, 4.69) is 70.6 Å². The fraction of sp³-hybridized carbons (Fsp3) is 0. The van der Waals surface area contributed by atoms with E-state index < -0.39 is 6.04 Å². The van der Waals surface area contributed by atoms with Gasteiger partial charge < -0.3 is 0 Å². The zero-order chi connectivity index (χ0) is 18.7. The predicted octanol–water partition coefficient (Wildman–Crippen LogP) is -0.366. The van der Waals surface area contributed by atoms with Crippen molar-refractivity contribution in [2.24, 2.45) is 0 Å². The van der Waals surface area contributed by atoms with E-state index >= 15 is 0 Å². The van der Waals surface area contributed by atoms with Crippen LogP contribution in [0, 0.1) is 6.07 Å². The molecule has 0 saturated heterocycles. The summed E-state index contributed by atoms with van der Waals surface area (Å²) in [5, 5.41) is 4.21. The van der Waals surface area contributed by atoms with Crippen molar-refractivity contribution in [3.63, 3.8) is 0 Å². The number of hydrogen-bond donors (Lipinski definition) is 0. The van der Waals surface area contributed by atoms with E-state index in [1.165, 1.54) is 33.8 Å². The molecule has 4 aromatic rings. The first-order valence-electron chi connectivity index (χ1n) is 8.77. The quantitative estimate of drug-likeness (QED) is 0.132. The third-order valence-corrected chi connectivity index (χ3v) is 15.9. The van der Waals surface area contributed by atoms with Crippen molar-refractivity contribution in [2.75, 3.05) is 0 Å². The van der Waals surface area contributed by atoms with E-state index in [1.54, 1.807) is 12.4 Å². The van der Waals surface area contributed by atoms with Crippen LogP contribution in [0.3, 0.4) is 0 Å². The number of fused-ring (bicyclic) bond motifs is 4. The summed E-state index contributed by atoms with van der Waals surface area (Å²) in [5.41, 5.74) is 1.94. The van der Waals surface area contributed by atoms with Crippen molar-refractivity contribution in [1.82, 2.24) is 9.97 Å². The molecule has 3 aromatic carbocycles. The number of aromatic nitrogens is 2. The molecule has 0 fully saturated rings. The van der Waals surface area contributed by atoms with Crippen LogP contribution in [0.4, 0.5) is 0 Å². The smallest absolute Gasteiger partial charge is 0 e. The molecule has 0 amide bonds. The Morgan fingerprint density at radius 1 is 0.862 bits per heavy atom. The fourth-order valence-electron chi connectivity index (χ4n) is 3.76. The van der Waals surface area contributed by atoms with Gasteiger partial charge in [0.2, 0.25) is 0 Å². The molecule has 2 aliphatic heterocycles. The Hall–Kier alpha value is -0.922. The molecular formula is C22H12IrN2PSSe2-. The summed E-state index contributed by atoms with van der Waals surface area (Å²) in [6.07, 6.45) is 5.29. The van der Waals surface area contributed by atoms with Gasteiger partial charge in [-0.3, -0.25) is 0 Å². The predicted molar refractivity (Wildman–Crippen MR) is 122 cm³/mol. The van der Waals surface area contributed by atoms with Crippen LogP contribution in [0.1, 0.15) is 0 Å². The first kappa shape index (κ1) is 20.0. The van der Waals surface area contributed by atoms with Gasteiger partial charge >= 0.3 is 182 Å². The first-order chi connectivity index (χ1) is 13.7. The third-order valence-electron chi connectivity index (χ3n) is 4.97. The second-order valence-electron chi connectivity index (χ2n) is 6.56. The normalized spacial score (nSPS) is 18.1. The summed E-state index contributed by atoms with van der Waals surface area (Å²) in [6.45, 7) is 0. The van der Waals surface area contributed by atoms with Gasteiger partial charge in [0.15, 0.2) is 0 Å². The van der Waals surface area contributed by atoms with Crippen molar-refractivity contribution >= 4 is 81.5 Å². The van der Waals surface area contributed by atoms with Crippen LogP contribution in [0.5, 0.6) is 0 Å². The van der Waals surface area contributed by atoms with Crippen LogP contribution < -0.4 is 33.8 Å². The minimum atomic E-state index is -2.03. The van der Waals surface area contributed by atoms with Gasteiger partial charge in [0, 0.05) is 20.1 Å². The van der Waals surface area contributed by atoms with Crippen molar-refractivity contribution in [2.45, 2.75) is 0 Å². The molecule has 1 atom stereocenters. The summed E-state index contributed by atoms with van der Waals surface area (Å²) in [5.74, 6) is 0. The maximum absolute atomic E-state index is 6.60. The second kappa shape index (κ2) is 7.65. The van der Waals surface area contributed by atoms with Crippen LogP contribution in [0.15, 0.2) is 73.2 Å². The van der Waals surface area contributed by atoms with E-state index in [0.717, 1.165) is 11.3 Å². The van der Waals surface area contributed by atoms with E-state index in [9.17, 15) is 0 Å². The molecule has 0 N–H and O–H groups in total. The average molecular weight is 718 g/mol. The minimum Gasteiger partial charge on any atom is 0 e. The van der Waals surface area contributed by atoms with Crippen LogP contribution >= 0.6 is 6.04 Å².